The predicted octanol–water partition coefficient (Wildman–Crippen LogP) is 4.66. The molecule has 0 N–H and O–H groups in total. The second-order valence-corrected chi connectivity index (χ2v) is 5.20. The number of hydrogen-bond donors (Lipinski definition) is 0. The largest absolute Gasteiger partial charge is 0.437 e. The van der Waals surface area contributed by atoms with Gasteiger partial charge in [-0.05, 0) is 37.0 Å². The van der Waals surface area contributed by atoms with E-state index >= 15 is 0 Å². The van der Waals surface area contributed by atoms with Crippen LogP contribution in [0.25, 0.3) is 0 Å². The van der Waals surface area contributed by atoms with Crippen molar-refractivity contribution < 1.29 is 4.74 Å². The summed E-state index contributed by atoms with van der Waals surface area (Å²) >= 11 is 5.94. The molecule has 0 atom stereocenters. The van der Waals surface area contributed by atoms with Gasteiger partial charge in [0.1, 0.15) is 5.75 Å². The lowest BCUT2D eigenvalue weighted by molar-refractivity contribution is 0.442. The van der Waals surface area contributed by atoms with Crippen LogP contribution in [0.15, 0.2) is 24.3 Å². The lowest BCUT2D eigenvalue weighted by Gasteiger charge is -2.14. The van der Waals surface area contributed by atoms with Crippen molar-refractivity contribution in [2.45, 2.75) is 33.6 Å². The molecule has 3 nitrogen and oxygen atoms in total. The summed E-state index contributed by atoms with van der Waals surface area (Å²) in [7, 11) is 0. The molecule has 0 aliphatic carbocycles. The molecular weight excluding hydrogens is 260 g/mol. The Morgan fingerprint density at radius 3 is 2.42 bits per heavy atom. The number of halogens is 1. The SMILES string of the molecule is Cc1c(Cl)nnc(Oc2ccccc2C(C)C)c1C. The van der Waals surface area contributed by atoms with E-state index in [2.05, 4.69) is 30.1 Å². The first kappa shape index (κ1) is 13.8. The third-order valence-electron chi connectivity index (χ3n) is 3.17. The van der Waals surface area contributed by atoms with Gasteiger partial charge in [0.05, 0.1) is 0 Å². The zero-order valence-electron chi connectivity index (χ0n) is 11.6. The van der Waals surface area contributed by atoms with E-state index in [0.29, 0.717) is 17.0 Å². The highest BCUT2D eigenvalue weighted by Crippen LogP contribution is 2.32. The summed E-state index contributed by atoms with van der Waals surface area (Å²) in [6.45, 7) is 8.11. The zero-order valence-corrected chi connectivity index (χ0v) is 12.3. The molecule has 0 bridgehead atoms. The standard InChI is InChI=1S/C15H17ClN2O/c1-9(2)12-7-5-6-8-13(12)19-15-11(4)10(3)14(16)17-18-15/h5-9H,1-4H3. The Labute approximate surface area is 118 Å². The molecule has 0 aliphatic rings. The van der Waals surface area contributed by atoms with Crippen LogP contribution in [-0.2, 0) is 0 Å². The molecule has 2 rings (SSSR count). The zero-order chi connectivity index (χ0) is 14.0. The van der Waals surface area contributed by atoms with Gasteiger partial charge in [0.25, 0.3) is 0 Å². The average Bonchev–Trinajstić information content (AvgIpc) is 2.40. The minimum atomic E-state index is 0.387. The molecule has 0 spiro atoms. The minimum absolute atomic E-state index is 0.387. The Kier molecular flexibility index (Phi) is 4.05. The van der Waals surface area contributed by atoms with Crippen molar-refractivity contribution in [2.75, 3.05) is 0 Å². The summed E-state index contributed by atoms with van der Waals surface area (Å²) in [5.41, 5.74) is 2.96. The third kappa shape index (κ3) is 2.87. The van der Waals surface area contributed by atoms with E-state index in [0.717, 1.165) is 22.4 Å². The predicted molar refractivity (Wildman–Crippen MR) is 77.1 cm³/mol. The molecule has 0 saturated carbocycles. The number of benzene rings is 1. The van der Waals surface area contributed by atoms with Crippen molar-refractivity contribution in [1.82, 2.24) is 10.2 Å². The summed E-state index contributed by atoms with van der Waals surface area (Å²) in [4.78, 5) is 0. The molecule has 2 aromatic rings. The maximum absolute atomic E-state index is 5.94. The number of rotatable bonds is 3. The van der Waals surface area contributed by atoms with Gasteiger partial charge in [0.2, 0.25) is 5.88 Å². The minimum Gasteiger partial charge on any atom is -0.437 e. The molecule has 0 radical (unpaired) electrons. The summed E-state index contributed by atoms with van der Waals surface area (Å²) < 4.78 is 5.91. The van der Waals surface area contributed by atoms with Crippen molar-refractivity contribution in [3.8, 4) is 11.6 Å². The van der Waals surface area contributed by atoms with E-state index in [1.54, 1.807) is 0 Å². The van der Waals surface area contributed by atoms with E-state index in [4.69, 9.17) is 16.3 Å². The van der Waals surface area contributed by atoms with E-state index in [1.807, 2.05) is 32.0 Å². The molecule has 0 unspecified atom stereocenters. The Balaban J connectivity index is 2.40. The maximum atomic E-state index is 5.94. The highest BCUT2D eigenvalue weighted by molar-refractivity contribution is 6.30. The van der Waals surface area contributed by atoms with Crippen molar-refractivity contribution in [2.24, 2.45) is 0 Å². The van der Waals surface area contributed by atoms with Gasteiger partial charge in [-0.3, -0.25) is 0 Å². The summed E-state index contributed by atoms with van der Waals surface area (Å²) in [6.07, 6.45) is 0. The molecule has 1 heterocycles. The number of aromatic nitrogens is 2. The average molecular weight is 277 g/mol. The Hall–Kier alpha value is -1.61. The highest BCUT2D eigenvalue weighted by Gasteiger charge is 2.13. The van der Waals surface area contributed by atoms with E-state index < -0.39 is 0 Å². The Morgan fingerprint density at radius 1 is 1.05 bits per heavy atom. The molecule has 100 valence electrons. The molecular formula is C15H17ClN2O. The van der Waals surface area contributed by atoms with Gasteiger partial charge in [0, 0.05) is 5.56 Å². The number of nitrogens with zero attached hydrogens (tertiary/aromatic N) is 2. The highest BCUT2D eigenvalue weighted by atomic mass is 35.5. The molecule has 19 heavy (non-hydrogen) atoms. The normalized spacial score (nSPS) is 10.8. The number of ether oxygens (including phenoxy) is 1. The third-order valence-corrected chi connectivity index (χ3v) is 3.53. The van der Waals surface area contributed by atoms with Crippen molar-refractivity contribution in [3.05, 3.63) is 46.1 Å². The molecule has 1 aromatic heterocycles. The van der Waals surface area contributed by atoms with Gasteiger partial charge in [-0.15, -0.1) is 10.2 Å². The van der Waals surface area contributed by atoms with E-state index in [-0.39, 0.29) is 0 Å². The van der Waals surface area contributed by atoms with Crippen LogP contribution in [0.5, 0.6) is 11.6 Å². The maximum Gasteiger partial charge on any atom is 0.242 e. The molecule has 0 fully saturated rings. The van der Waals surface area contributed by atoms with Gasteiger partial charge in [-0.2, -0.15) is 0 Å². The van der Waals surface area contributed by atoms with E-state index in [1.165, 1.54) is 0 Å². The Bertz CT molecular complexity index is 597. The van der Waals surface area contributed by atoms with Crippen LogP contribution in [0.1, 0.15) is 36.5 Å². The first-order chi connectivity index (χ1) is 9.00. The van der Waals surface area contributed by atoms with Crippen LogP contribution >= 0.6 is 11.6 Å². The van der Waals surface area contributed by atoms with Crippen LogP contribution in [0.3, 0.4) is 0 Å². The molecule has 0 aliphatic heterocycles. The number of para-hydroxylation sites is 1. The smallest absolute Gasteiger partial charge is 0.242 e. The number of hydrogen-bond acceptors (Lipinski definition) is 3. The molecule has 0 amide bonds. The van der Waals surface area contributed by atoms with Crippen molar-refractivity contribution in [1.29, 1.82) is 0 Å². The van der Waals surface area contributed by atoms with Gasteiger partial charge in [0.15, 0.2) is 5.15 Å². The fourth-order valence-electron chi connectivity index (χ4n) is 1.81. The van der Waals surface area contributed by atoms with Crippen molar-refractivity contribution >= 4 is 11.6 Å². The second kappa shape index (κ2) is 5.57. The summed E-state index contributed by atoms with van der Waals surface area (Å²) in [5.74, 6) is 1.71. The van der Waals surface area contributed by atoms with Gasteiger partial charge >= 0.3 is 0 Å². The topological polar surface area (TPSA) is 35.0 Å². The van der Waals surface area contributed by atoms with Gasteiger partial charge < -0.3 is 4.74 Å². The monoisotopic (exact) mass is 276 g/mol. The fourth-order valence-corrected chi connectivity index (χ4v) is 1.99. The first-order valence-electron chi connectivity index (χ1n) is 6.27. The fraction of sp³-hybridized carbons (Fsp3) is 0.333. The molecule has 0 saturated heterocycles. The van der Waals surface area contributed by atoms with Gasteiger partial charge in [-0.1, -0.05) is 43.6 Å². The first-order valence-corrected chi connectivity index (χ1v) is 6.64. The van der Waals surface area contributed by atoms with Crippen LogP contribution < -0.4 is 4.74 Å². The van der Waals surface area contributed by atoms with Crippen LogP contribution in [0.4, 0.5) is 0 Å². The van der Waals surface area contributed by atoms with Crippen molar-refractivity contribution in [3.63, 3.8) is 0 Å². The lowest BCUT2D eigenvalue weighted by Crippen LogP contribution is -2.00. The van der Waals surface area contributed by atoms with Crippen LogP contribution in [0.2, 0.25) is 5.15 Å². The summed E-state index contributed by atoms with van der Waals surface area (Å²) in [6, 6.07) is 7.96. The lowest BCUT2D eigenvalue weighted by atomic mass is 10.0. The summed E-state index contributed by atoms with van der Waals surface area (Å²) in [5, 5.41) is 8.35. The van der Waals surface area contributed by atoms with Crippen LogP contribution in [0, 0.1) is 13.8 Å². The molecule has 1 aromatic carbocycles. The Morgan fingerprint density at radius 2 is 1.74 bits per heavy atom. The quantitative estimate of drug-likeness (QED) is 0.818. The molecule has 4 heteroatoms. The van der Waals surface area contributed by atoms with E-state index in [9.17, 15) is 0 Å². The van der Waals surface area contributed by atoms with Crippen LogP contribution in [-0.4, -0.2) is 10.2 Å². The van der Waals surface area contributed by atoms with Gasteiger partial charge in [-0.25, -0.2) is 0 Å². The second-order valence-electron chi connectivity index (χ2n) is 4.84.